The number of aromatic nitrogens is 3. The Balaban J connectivity index is 1.47. The molecule has 1 aromatic carbocycles. The first-order chi connectivity index (χ1) is 13.1. The molecular formula is C20H25N5O2. The summed E-state index contributed by atoms with van der Waals surface area (Å²) in [6.45, 7) is 3.14. The number of hydrogen-bond acceptors (Lipinski definition) is 4. The van der Waals surface area contributed by atoms with E-state index in [2.05, 4.69) is 20.1 Å². The van der Waals surface area contributed by atoms with Gasteiger partial charge < -0.3 is 14.8 Å². The van der Waals surface area contributed by atoms with Crippen LogP contribution in [0.25, 0.3) is 11.4 Å². The molecule has 0 spiro atoms. The van der Waals surface area contributed by atoms with Gasteiger partial charge in [-0.15, -0.1) is 10.2 Å². The SMILES string of the molecule is CC(=O)N1CCCCC1C(=O)Nc1ccc(-c2nnc3n2CCCC3)cc1. The monoisotopic (exact) mass is 367 g/mol. The summed E-state index contributed by atoms with van der Waals surface area (Å²) >= 11 is 0. The van der Waals surface area contributed by atoms with Crippen molar-refractivity contribution in [2.75, 3.05) is 11.9 Å². The maximum atomic E-state index is 12.7. The number of piperidine rings is 1. The van der Waals surface area contributed by atoms with Crippen molar-refractivity contribution >= 4 is 17.5 Å². The van der Waals surface area contributed by atoms with Crippen LogP contribution in [0.1, 0.15) is 44.9 Å². The van der Waals surface area contributed by atoms with Crippen molar-refractivity contribution in [3.63, 3.8) is 0 Å². The van der Waals surface area contributed by atoms with Crippen molar-refractivity contribution in [2.24, 2.45) is 0 Å². The average Bonchev–Trinajstić information content (AvgIpc) is 3.12. The maximum Gasteiger partial charge on any atom is 0.247 e. The number of anilines is 1. The first-order valence-corrected chi connectivity index (χ1v) is 9.74. The third-order valence-corrected chi connectivity index (χ3v) is 5.48. The molecule has 7 heteroatoms. The van der Waals surface area contributed by atoms with Crippen molar-refractivity contribution in [3.05, 3.63) is 30.1 Å². The lowest BCUT2D eigenvalue weighted by Crippen LogP contribution is -2.49. The summed E-state index contributed by atoms with van der Waals surface area (Å²) in [5.74, 6) is 1.78. The summed E-state index contributed by atoms with van der Waals surface area (Å²) in [4.78, 5) is 26.1. The summed E-state index contributed by atoms with van der Waals surface area (Å²) in [6.07, 6.45) is 5.95. The van der Waals surface area contributed by atoms with Gasteiger partial charge in [-0.05, 0) is 56.4 Å². The number of hydrogen-bond donors (Lipinski definition) is 1. The molecule has 7 nitrogen and oxygen atoms in total. The topological polar surface area (TPSA) is 80.1 Å². The molecule has 1 atom stereocenters. The van der Waals surface area contributed by atoms with Gasteiger partial charge >= 0.3 is 0 Å². The molecule has 0 aliphatic carbocycles. The Morgan fingerprint density at radius 3 is 2.59 bits per heavy atom. The van der Waals surface area contributed by atoms with E-state index in [-0.39, 0.29) is 17.9 Å². The Morgan fingerprint density at radius 1 is 1.04 bits per heavy atom. The fraction of sp³-hybridized carbons (Fsp3) is 0.500. The molecule has 2 aliphatic heterocycles. The first-order valence-electron chi connectivity index (χ1n) is 9.74. The summed E-state index contributed by atoms with van der Waals surface area (Å²) < 4.78 is 2.18. The predicted molar refractivity (Wildman–Crippen MR) is 102 cm³/mol. The Morgan fingerprint density at radius 2 is 1.81 bits per heavy atom. The van der Waals surface area contributed by atoms with E-state index >= 15 is 0 Å². The predicted octanol–water partition coefficient (Wildman–Crippen LogP) is 2.62. The minimum Gasteiger partial charge on any atom is -0.331 e. The molecule has 2 aromatic rings. The van der Waals surface area contributed by atoms with Crippen molar-refractivity contribution in [2.45, 2.75) is 58.0 Å². The fourth-order valence-electron chi connectivity index (χ4n) is 4.03. The molecule has 2 aliphatic rings. The average molecular weight is 367 g/mol. The molecule has 1 N–H and O–H groups in total. The number of carbonyl (C=O) groups is 2. The van der Waals surface area contributed by atoms with Crippen LogP contribution < -0.4 is 5.32 Å². The molecule has 1 fully saturated rings. The number of nitrogens with one attached hydrogen (secondary N) is 1. The molecule has 3 heterocycles. The molecule has 4 rings (SSSR count). The lowest BCUT2D eigenvalue weighted by atomic mass is 10.0. The Kier molecular flexibility index (Phi) is 4.92. The number of fused-ring (bicyclic) bond motifs is 1. The zero-order chi connectivity index (χ0) is 18.8. The largest absolute Gasteiger partial charge is 0.331 e. The second-order valence-corrected chi connectivity index (χ2v) is 7.34. The normalized spacial score (nSPS) is 19.4. The van der Waals surface area contributed by atoms with Crippen LogP contribution in [0.4, 0.5) is 5.69 Å². The van der Waals surface area contributed by atoms with E-state index in [1.54, 1.807) is 4.90 Å². The third kappa shape index (κ3) is 3.59. The molecule has 0 saturated carbocycles. The van der Waals surface area contributed by atoms with Crippen molar-refractivity contribution in [3.8, 4) is 11.4 Å². The van der Waals surface area contributed by atoms with E-state index < -0.39 is 0 Å². The van der Waals surface area contributed by atoms with E-state index in [9.17, 15) is 9.59 Å². The smallest absolute Gasteiger partial charge is 0.247 e. The highest BCUT2D eigenvalue weighted by Gasteiger charge is 2.30. The number of rotatable bonds is 3. The number of carbonyl (C=O) groups excluding carboxylic acids is 2. The highest BCUT2D eigenvalue weighted by molar-refractivity contribution is 5.97. The van der Waals surface area contributed by atoms with Gasteiger partial charge in [-0.25, -0.2) is 0 Å². The van der Waals surface area contributed by atoms with Crippen LogP contribution in [-0.2, 0) is 22.6 Å². The Bertz CT molecular complexity index is 843. The number of aryl methyl sites for hydroxylation is 1. The maximum absolute atomic E-state index is 12.7. The van der Waals surface area contributed by atoms with Gasteiger partial charge in [0.25, 0.3) is 0 Å². The molecule has 1 aromatic heterocycles. The van der Waals surface area contributed by atoms with Crippen molar-refractivity contribution in [1.82, 2.24) is 19.7 Å². The van der Waals surface area contributed by atoms with Crippen molar-refractivity contribution in [1.29, 1.82) is 0 Å². The quantitative estimate of drug-likeness (QED) is 0.904. The summed E-state index contributed by atoms with van der Waals surface area (Å²) in [5, 5.41) is 11.6. The minimum atomic E-state index is -0.376. The number of amides is 2. The van der Waals surface area contributed by atoms with E-state index in [4.69, 9.17) is 0 Å². The first kappa shape index (κ1) is 17.7. The van der Waals surface area contributed by atoms with Crippen LogP contribution in [0.3, 0.4) is 0 Å². The molecule has 2 amide bonds. The molecule has 27 heavy (non-hydrogen) atoms. The van der Waals surface area contributed by atoms with Gasteiger partial charge in [0.05, 0.1) is 0 Å². The zero-order valence-corrected chi connectivity index (χ0v) is 15.6. The molecule has 1 unspecified atom stereocenters. The van der Waals surface area contributed by atoms with Gasteiger partial charge in [0.15, 0.2) is 5.82 Å². The zero-order valence-electron chi connectivity index (χ0n) is 15.6. The highest BCUT2D eigenvalue weighted by atomic mass is 16.2. The van der Waals surface area contributed by atoms with Crippen LogP contribution in [-0.4, -0.2) is 44.1 Å². The van der Waals surface area contributed by atoms with Gasteiger partial charge in [0, 0.05) is 37.7 Å². The van der Waals surface area contributed by atoms with E-state index in [0.29, 0.717) is 6.54 Å². The number of likely N-dealkylation sites (tertiary alicyclic amines) is 1. The van der Waals surface area contributed by atoms with Crippen LogP contribution in [0.5, 0.6) is 0 Å². The van der Waals surface area contributed by atoms with Gasteiger partial charge in [-0.1, -0.05) is 0 Å². The van der Waals surface area contributed by atoms with E-state index in [1.807, 2.05) is 24.3 Å². The van der Waals surface area contributed by atoms with E-state index in [1.165, 1.54) is 13.3 Å². The molecular weight excluding hydrogens is 342 g/mol. The number of benzene rings is 1. The third-order valence-electron chi connectivity index (χ3n) is 5.48. The van der Waals surface area contributed by atoms with Crippen LogP contribution in [0.2, 0.25) is 0 Å². The standard InChI is InChI=1S/C20H25N5O2/c1-14(26)24-12-4-2-6-17(24)20(27)21-16-10-8-15(9-11-16)19-23-22-18-7-3-5-13-25(18)19/h8-11,17H,2-7,12-13H2,1H3,(H,21,27). The van der Waals surface area contributed by atoms with Crippen LogP contribution in [0.15, 0.2) is 24.3 Å². The molecule has 142 valence electrons. The fourth-order valence-corrected chi connectivity index (χ4v) is 4.03. The van der Waals surface area contributed by atoms with Crippen LogP contribution >= 0.6 is 0 Å². The molecule has 0 bridgehead atoms. The van der Waals surface area contributed by atoms with Gasteiger partial charge in [-0.3, -0.25) is 9.59 Å². The van der Waals surface area contributed by atoms with Gasteiger partial charge in [0.2, 0.25) is 11.8 Å². The lowest BCUT2D eigenvalue weighted by Gasteiger charge is -2.33. The lowest BCUT2D eigenvalue weighted by molar-refractivity contribution is -0.138. The summed E-state index contributed by atoms with van der Waals surface area (Å²) in [5.41, 5.74) is 1.73. The summed E-state index contributed by atoms with van der Waals surface area (Å²) in [6, 6.07) is 7.33. The van der Waals surface area contributed by atoms with Gasteiger partial charge in [0.1, 0.15) is 11.9 Å². The molecule has 1 saturated heterocycles. The minimum absolute atomic E-state index is 0.0400. The Labute approximate surface area is 158 Å². The molecule has 0 radical (unpaired) electrons. The van der Waals surface area contributed by atoms with Crippen molar-refractivity contribution < 1.29 is 9.59 Å². The van der Waals surface area contributed by atoms with Gasteiger partial charge in [-0.2, -0.15) is 0 Å². The van der Waals surface area contributed by atoms with Crippen LogP contribution in [0, 0.1) is 0 Å². The van der Waals surface area contributed by atoms with E-state index in [0.717, 1.165) is 61.5 Å². The highest BCUT2D eigenvalue weighted by Crippen LogP contribution is 2.25. The second-order valence-electron chi connectivity index (χ2n) is 7.34. The number of nitrogens with zero attached hydrogens (tertiary/aromatic N) is 4. The Hall–Kier alpha value is -2.70. The summed E-state index contributed by atoms with van der Waals surface area (Å²) in [7, 11) is 0. The second kappa shape index (κ2) is 7.50.